The number of aromatic amines is 1. The number of benzene rings is 1. The highest BCUT2D eigenvalue weighted by atomic mass is 16.5. The number of aromatic nitrogens is 6. The highest BCUT2D eigenvalue weighted by molar-refractivity contribution is 6.05. The molecule has 5 heterocycles. The molecule has 1 fully saturated rings. The van der Waals surface area contributed by atoms with Crippen molar-refractivity contribution in [1.82, 2.24) is 39.5 Å². The van der Waals surface area contributed by atoms with E-state index in [1.165, 1.54) is 5.56 Å². The third-order valence-electron chi connectivity index (χ3n) is 8.51. The van der Waals surface area contributed by atoms with Crippen molar-refractivity contribution >= 4 is 34.3 Å². The molecule has 13 heteroatoms. The molecule has 0 radical (unpaired) electrons. The van der Waals surface area contributed by atoms with E-state index >= 15 is 0 Å². The van der Waals surface area contributed by atoms with Crippen LogP contribution in [-0.4, -0.2) is 97.9 Å². The van der Waals surface area contributed by atoms with Gasteiger partial charge in [-0.3, -0.25) is 19.3 Å². The van der Waals surface area contributed by atoms with Gasteiger partial charge in [0.15, 0.2) is 5.82 Å². The summed E-state index contributed by atoms with van der Waals surface area (Å²) >= 11 is 0. The summed E-state index contributed by atoms with van der Waals surface area (Å²) in [5, 5.41) is 11.5. The van der Waals surface area contributed by atoms with Gasteiger partial charge in [0.2, 0.25) is 11.9 Å². The van der Waals surface area contributed by atoms with Gasteiger partial charge in [-0.25, -0.2) is 15.0 Å². The zero-order valence-electron chi connectivity index (χ0n) is 27.4. The number of hydrogen-bond donors (Lipinski definition) is 3. The summed E-state index contributed by atoms with van der Waals surface area (Å²) < 4.78 is 12.9. The Kier molecular flexibility index (Phi) is 10.0. The van der Waals surface area contributed by atoms with Crippen molar-refractivity contribution in [2.24, 2.45) is 7.05 Å². The summed E-state index contributed by atoms with van der Waals surface area (Å²) in [5.41, 5.74) is 5.14. The van der Waals surface area contributed by atoms with Crippen LogP contribution < -0.4 is 15.4 Å². The molecule has 1 atom stereocenters. The lowest BCUT2D eigenvalue weighted by atomic mass is 10.1. The number of hydrogen-bond acceptors (Lipinski definition) is 10. The van der Waals surface area contributed by atoms with Gasteiger partial charge in [-0.1, -0.05) is 37.3 Å². The molecule has 13 nitrogen and oxygen atoms in total. The summed E-state index contributed by atoms with van der Waals surface area (Å²) in [5.74, 6) is 1.31. The minimum absolute atomic E-state index is 0.0570. The number of H-pyrrole nitrogens is 1. The number of amides is 1. The fourth-order valence-corrected chi connectivity index (χ4v) is 6.01. The third kappa shape index (κ3) is 7.43. The number of pyridine rings is 1. The van der Waals surface area contributed by atoms with Crippen molar-refractivity contribution in [2.45, 2.75) is 32.9 Å². The molecule has 3 N–H and O–H groups in total. The van der Waals surface area contributed by atoms with E-state index in [2.05, 4.69) is 59.5 Å². The Labute approximate surface area is 274 Å². The second-order valence-electron chi connectivity index (χ2n) is 11.7. The van der Waals surface area contributed by atoms with E-state index in [0.717, 1.165) is 60.4 Å². The average Bonchev–Trinajstić information content (AvgIpc) is 3.68. The number of aryl methyl sites for hydroxylation is 2. The van der Waals surface area contributed by atoms with Gasteiger partial charge < -0.3 is 25.1 Å². The summed E-state index contributed by atoms with van der Waals surface area (Å²) in [6, 6.07) is 11.9. The molecule has 1 aromatic carbocycles. The summed E-state index contributed by atoms with van der Waals surface area (Å²) in [6.07, 6.45) is 7.90. The first-order valence-electron chi connectivity index (χ1n) is 16.0. The number of fused-ring (bicyclic) bond motifs is 1. The van der Waals surface area contributed by atoms with E-state index in [-0.39, 0.29) is 11.9 Å². The van der Waals surface area contributed by atoms with E-state index in [9.17, 15) is 4.79 Å². The van der Waals surface area contributed by atoms with Crippen LogP contribution in [0.2, 0.25) is 0 Å². The Balaban J connectivity index is 1.09. The van der Waals surface area contributed by atoms with Crippen LogP contribution in [0.4, 0.5) is 17.5 Å². The number of nitrogens with one attached hydrogen (secondary N) is 3. The first-order chi connectivity index (χ1) is 22.9. The molecule has 0 spiro atoms. The molecular formula is C34H42N10O3. The SMILES string of the molecule is CCC(C(=O)Nc1nccc2c(-c3nc(Nc4cn(C)nc4OC)ncc3C)c[nH]c12)N1CCN(CCOCc2ccccc2)CC1. The van der Waals surface area contributed by atoms with E-state index in [0.29, 0.717) is 43.0 Å². The number of carbonyl (C=O) groups is 1. The number of rotatable bonds is 13. The maximum absolute atomic E-state index is 13.6. The average molecular weight is 639 g/mol. The molecule has 6 rings (SSSR count). The standard InChI is InChI=1S/C34H42N10O3/c1-5-28(44-15-13-43(14-16-44)17-18-47-22-24-9-7-6-8-10-24)32(45)40-31-30-25(11-12-35-31)26(20-36-30)29-23(2)19-37-34(39-29)38-27-21-42(3)41-33(27)46-4/h6-12,19-21,28,36H,5,13-18,22H2,1-4H3,(H,35,40,45)(H,37,38,39). The number of piperazine rings is 1. The molecule has 0 aliphatic carbocycles. The minimum Gasteiger partial charge on any atom is -0.478 e. The molecule has 246 valence electrons. The van der Waals surface area contributed by atoms with Crippen molar-refractivity contribution in [2.75, 3.05) is 57.1 Å². The number of anilines is 3. The van der Waals surface area contributed by atoms with Crippen LogP contribution in [-0.2, 0) is 23.2 Å². The fourth-order valence-electron chi connectivity index (χ4n) is 6.01. The molecule has 1 saturated heterocycles. The largest absolute Gasteiger partial charge is 0.478 e. The Bertz CT molecular complexity index is 1800. The highest BCUT2D eigenvalue weighted by Gasteiger charge is 2.28. The number of carbonyl (C=O) groups excluding carboxylic acids is 1. The highest BCUT2D eigenvalue weighted by Crippen LogP contribution is 2.33. The third-order valence-corrected chi connectivity index (χ3v) is 8.51. The van der Waals surface area contributed by atoms with Gasteiger partial charge in [-0.2, -0.15) is 0 Å². The fraction of sp³-hybridized carbons (Fsp3) is 0.382. The number of methoxy groups -OCH3 is 1. The van der Waals surface area contributed by atoms with Gasteiger partial charge in [-0.05, 0) is 30.5 Å². The minimum atomic E-state index is -0.250. The van der Waals surface area contributed by atoms with Gasteiger partial charge in [0.25, 0.3) is 5.88 Å². The summed E-state index contributed by atoms with van der Waals surface area (Å²) in [7, 11) is 3.39. The van der Waals surface area contributed by atoms with Crippen molar-refractivity contribution in [1.29, 1.82) is 0 Å². The van der Waals surface area contributed by atoms with Crippen molar-refractivity contribution < 1.29 is 14.3 Å². The molecule has 0 bridgehead atoms. The molecule has 1 aliphatic heterocycles. The van der Waals surface area contributed by atoms with E-state index in [1.807, 2.05) is 44.4 Å². The molecule has 4 aromatic heterocycles. The van der Waals surface area contributed by atoms with E-state index < -0.39 is 0 Å². The van der Waals surface area contributed by atoms with E-state index in [1.54, 1.807) is 30.4 Å². The maximum Gasteiger partial charge on any atom is 0.256 e. The number of nitrogens with zero attached hydrogens (tertiary/aromatic N) is 7. The molecule has 0 saturated carbocycles. The van der Waals surface area contributed by atoms with Gasteiger partial charge in [0.1, 0.15) is 5.69 Å². The molecule has 1 aliphatic rings. The van der Waals surface area contributed by atoms with Crippen LogP contribution in [0.1, 0.15) is 24.5 Å². The van der Waals surface area contributed by atoms with Gasteiger partial charge >= 0.3 is 0 Å². The lowest BCUT2D eigenvalue weighted by Crippen LogP contribution is -2.54. The Morgan fingerprint density at radius 1 is 1.11 bits per heavy atom. The number of ether oxygens (including phenoxy) is 2. The smallest absolute Gasteiger partial charge is 0.256 e. The Morgan fingerprint density at radius 3 is 2.68 bits per heavy atom. The molecule has 5 aromatic rings. The van der Waals surface area contributed by atoms with Crippen LogP contribution in [0.3, 0.4) is 0 Å². The van der Waals surface area contributed by atoms with Crippen LogP contribution >= 0.6 is 0 Å². The molecule has 1 unspecified atom stereocenters. The Morgan fingerprint density at radius 2 is 1.91 bits per heavy atom. The molecular weight excluding hydrogens is 596 g/mol. The second-order valence-corrected chi connectivity index (χ2v) is 11.7. The van der Waals surface area contributed by atoms with Gasteiger partial charge in [0.05, 0.1) is 43.8 Å². The predicted octanol–water partition coefficient (Wildman–Crippen LogP) is 4.37. The lowest BCUT2D eigenvalue weighted by Gasteiger charge is -2.38. The zero-order chi connectivity index (χ0) is 32.8. The first-order valence-corrected chi connectivity index (χ1v) is 16.0. The van der Waals surface area contributed by atoms with Crippen LogP contribution in [0.15, 0.2) is 61.2 Å². The quantitative estimate of drug-likeness (QED) is 0.160. The molecule has 47 heavy (non-hydrogen) atoms. The van der Waals surface area contributed by atoms with Crippen molar-refractivity contribution in [3.8, 4) is 17.1 Å². The topological polar surface area (TPSA) is 138 Å². The summed E-state index contributed by atoms with van der Waals surface area (Å²) in [6.45, 7) is 9.66. The zero-order valence-corrected chi connectivity index (χ0v) is 27.4. The molecule has 1 amide bonds. The first kappa shape index (κ1) is 32.1. The maximum atomic E-state index is 13.6. The van der Waals surface area contributed by atoms with E-state index in [4.69, 9.17) is 14.5 Å². The van der Waals surface area contributed by atoms with Crippen molar-refractivity contribution in [3.63, 3.8) is 0 Å². The predicted molar refractivity (Wildman–Crippen MR) is 182 cm³/mol. The summed E-state index contributed by atoms with van der Waals surface area (Å²) in [4.78, 5) is 35.5. The van der Waals surface area contributed by atoms with Gasteiger partial charge in [-0.15, -0.1) is 5.10 Å². The normalized spacial score (nSPS) is 14.7. The monoisotopic (exact) mass is 638 g/mol. The van der Waals surface area contributed by atoms with Crippen molar-refractivity contribution in [3.05, 3.63) is 72.3 Å². The van der Waals surface area contributed by atoms with Crippen LogP contribution in [0.25, 0.3) is 22.2 Å². The van der Waals surface area contributed by atoms with Gasteiger partial charge in [0, 0.05) is 69.3 Å². The Hall–Kier alpha value is -4.85. The lowest BCUT2D eigenvalue weighted by molar-refractivity contribution is -0.122. The second kappa shape index (κ2) is 14.7. The van der Waals surface area contributed by atoms with Crippen LogP contribution in [0, 0.1) is 6.92 Å². The van der Waals surface area contributed by atoms with Crippen LogP contribution in [0.5, 0.6) is 5.88 Å².